The molecular weight excluding hydrogens is 270 g/mol. The summed E-state index contributed by atoms with van der Waals surface area (Å²) in [6.45, 7) is 1.13. The Balaban J connectivity index is 1.77. The fraction of sp³-hybridized carbons (Fsp3) is 0.200. The van der Waals surface area contributed by atoms with Crippen molar-refractivity contribution in [3.05, 3.63) is 47.8 Å². The van der Waals surface area contributed by atoms with Crippen molar-refractivity contribution in [1.82, 2.24) is 15.3 Å². The SMILES string of the molecule is COCCNC1=CC(=O)/C(=C/c2c[nH]c3ncccc23)O1. The lowest BCUT2D eigenvalue weighted by Gasteiger charge is -2.06. The lowest BCUT2D eigenvalue weighted by atomic mass is 10.2. The van der Waals surface area contributed by atoms with Crippen LogP contribution in [-0.4, -0.2) is 36.0 Å². The van der Waals surface area contributed by atoms with E-state index in [0.29, 0.717) is 24.8 Å². The lowest BCUT2D eigenvalue weighted by molar-refractivity contribution is -0.112. The third-order valence-electron chi connectivity index (χ3n) is 3.10. The van der Waals surface area contributed by atoms with Gasteiger partial charge in [0.15, 0.2) is 11.6 Å². The number of allylic oxidation sites excluding steroid dienone is 1. The summed E-state index contributed by atoms with van der Waals surface area (Å²) in [5, 5.41) is 3.94. The van der Waals surface area contributed by atoms with Gasteiger partial charge >= 0.3 is 0 Å². The number of aromatic nitrogens is 2. The highest BCUT2D eigenvalue weighted by molar-refractivity contribution is 6.08. The van der Waals surface area contributed by atoms with Crippen molar-refractivity contribution >= 4 is 22.9 Å². The number of ketones is 1. The molecule has 0 unspecified atom stereocenters. The minimum absolute atomic E-state index is 0.159. The molecule has 21 heavy (non-hydrogen) atoms. The summed E-state index contributed by atoms with van der Waals surface area (Å²) in [6, 6.07) is 3.79. The number of fused-ring (bicyclic) bond motifs is 1. The summed E-state index contributed by atoms with van der Waals surface area (Å²) in [4.78, 5) is 19.2. The fourth-order valence-corrected chi connectivity index (χ4v) is 2.09. The van der Waals surface area contributed by atoms with Gasteiger partial charge < -0.3 is 19.8 Å². The van der Waals surface area contributed by atoms with E-state index in [9.17, 15) is 4.79 Å². The van der Waals surface area contributed by atoms with Crippen molar-refractivity contribution in [1.29, 1.82) is 0 Å². The van der Waals surface area contributed by atoms with E-state index in [1.807, 2.05) is 12.1 Å². The van der Waals surface area contributed by atoms with E-state index in [1.165, 1.54) is 6.08 Å². The number of methoxy groups -OCH3 is 1. The molecule has 6 heteroatoms. The van der Waals surface area contributed by atoms with Crippen LogP contribution >= 0.6 is 0 Å². The molecule has 108 valence electrons. The molecule has 0 fully saturated rings. The molecule has 3 rings (SSSR count). The molecule has 3 heterocycles. The van der Waals surface area contributed by atoms with Crippen LogP contribution in [0.3, 0.4) is 0 Å². The number of nitrogens with one attached hydrogen (secondary N) is 2. The Morgan fingerprint density at radius 3 is 3.29 bits per heavy atom. The number of carbonyl (C=O) groups excluding carboxylic acids is 1. The van der Waals surface area contributed by atoms with Crippen molar-refractivity contribution in [2.75, 3.05) is 20.3 Å². The molecule has 6 nitrogen and oxygen atoms in total. The number of carbonyl (C=O) groups is 1. The monoisotopic (exact) mass is 285 g/mol. The second-order valence-corrected chi connectivity index (χ2v) is 4.55. The zero-order valence-electron chi connectivity index (χ0n) is 11.6. The van der Waals surface area contributed by atoms with Gasteiger partial charge in [0.1, 0.15) is 5.65 Å². The molecule has 2 N–H and O–H groups in total. The van der Waals surface area contributed by atoms with Crippen LogP contribution in [0.1, 0.15) is 5.56 Å². The minimum Gasteiger partial charge on any atom is -0.437 e. The summed E-state index contributed by atoms with van der Waals surface area (Å²) < 4.78 is 10.4. The molecule has 0 spiro atoms. The molecule has 2 aromatic heterocycles. The number of ether oxygens (including phenoxy) is 2. The summed E-state index contributed by atoms with van der Waals surface area (Å²) in [7, 11) is 1.62. The summed E-state index contributed by atoms with van der Waals surface area (Å²) in [5.41, 5.74) is 1.65. The first-order chi connectivity index (χ1) is 10.3. The largest absolute Gasteiger partial charge is 0.437 e. The molecular formula is C15H15N3O3. The van der Waals surface area contributed by atoms with E-state index in [-0.39, 0.29) is 5.78 Å². The number of nitrogens with zero attached hydrogens (tertiary/aromatic N) is 1. The fourth-order valence-electron chi connectivity index (χ4n) is 2.09. The van der Waals surface area contributed by atoms with Crippen molar-refractivity contribution < 1.29 is 14.3 Å². The zero-order chi connectivity index (χ0) is 14.7. The highest BCUT2D eigenvalue weighted by Crippen LogP contribution is 2.23. The van der Waals surface area contributed by atoms with Gasteiger partial charge in [-0.1, -0.05) is 0 Å². The molecule has 0 saturated heterocycles. The van der Waals surface area contributed by atoms with Crippen LogP contribution in [-0.2, 0) is 14.3 Å². The smallest absolute Gasteiger partial charge is 0.226 e. The van der Waals surface area contributed by atoms with Gasteiger partial charge in [0.2, 0.25) is 5.78 Å². The molecule has 0 atom stereocenters. The number of aromatic amines is 1. The Bertz CT molecular complexity index is 731. The number of pyridine rings is 1. The van der Waals surface area contributed by atoms with E-state index in [1.54, 1.807) is 25.6 Å². The third-order valence-corrected chi connectivity index (χ3v) is 3.10. The van der Waals surface area contributed by atoms with Gasteiger partial charge in [0, 0.05) is 43.1 Å². The summed E-state index contributed by atoms with van der Waals surface area (Å²) in [5.74, 6) is 0.578. The molecule has 0 bridgehead atoms. The molecule has 0 aliphatic carbocycles. The van der Waals surface area contributed by atoms with E-state index >= 15 is 0 Å². The van der Waals surface area contributed by atoms with Crippen LogP contribution in [0.5, 0.6) is 0 Å². The predicted molar refractivity (Wildman–Crippen MR) is 78.1 cm³/mol. The maximum Gasteiger partial charge on any atom is 0.226 e. The zero-order valence-corrected chi connectivity index (χ0v) is 11.6. The van der Waals surface area contributed by atoms with Gasteiger partial charge in [-0.05, 0) is 18.2 Å². The Morgan fingerprint density at radius 2 is 2.43 bits per heavy atom. The Hall–Kier alpha value is -2.60. The van der Waals surface area contributed by atoms with Crippen LogP contribution in [0.15, 0.2) is 42.2 Å². The van der Waals surface area contributed by atoms with Crippen LogP contribution in [0, 0.1) is 0 Å². The highest BCUT2D eigenvalue weighted by atomic mass is 16.5. The van der Waals surface area contributed by atoms with E-state index in [2.05, 4.69) is 15.3 Å². The summed E-state index contributed by atoms with van der Waals surface area (Å²) >= 11 is 0. The average Bonchev–Trinajstić information content (AvgIpc) is 3.05. The maximum absolute atomic E-state index is 11.9. The van der Waals surface area contributed by atoms with Crippen molar-refractivity contribution in [2.24, 2.45) is 0 Å². The molecule has 0 amide bonds. The first-order valence-corrected chi connectivity index (χ1v) is 6.58. The molecule has 1 aliphatic heterocycles. The summed E-state index contributed by atoms with van der Waals surface area (Å²) in [6.07, 6.45) is 6.67. The molecule has 2 aromatic rings. The van der Waals surface area contributed by atoms with Gasteiger partial charge in [0.05, 0.1) is 6.61 Å². The number of rotatable bonds is 5. The Morgan fingerprint density at radius 1 is 1.52 bits per heavy atom. The number of hydrogen-bond donors (Lipinski definition) is 2. The minimum atomic E-state index is -0.159. The topological polar surface area (TPSA) is 76.2 Å². The van der Waals surface area contributed by atoms with Crippen LogP contribution in [0.2, 0.25) is 0 Å². The predicted octanol–water partition coefficient (Wildman–Crippen LogP) is 1.58. The third kappa shape index (κ3) is 2.80. The standard InChI is InChI=1S/C15H15N3O3/c1-20-6-5-16-14-8-12(19)13(21-14)7-10-9-18-15-11(10)3-2-4-17-15/h2-4,7-9,16H,5-6H2,1H3,(H,17,18)/b13-7-. The quantitative estimate of drug-likeness (QED) is 0.644. The maximum atomic E-state index is 11.9. The molecule has 0 saturated carbocycles. The van der Waals surface area contributed by atoms with Crippen molar-refractivity contribution in [3.8, 4) is 0 Å². The first-order valence-electron chi connectivity index (χ1n) is 6.58. The second-order valence-electron chi connectivity index (χ2n) is 4.55. The van der Waals surface area contributed by atoms with Gasteiger partial charge in [-0.3, -0.25) is 4.79 Å². The number of H-pyrrole nitrogens is 1. The average molecular weight is 285 g/mol. The number of hydrogen-bond acceptors (Lipinski definition) is 5. The van der Waals surface area contributed by atoms with Crippen LogP contribution in [0.25, 0.3) is 17.1 Å². The lowest BCUT2D eigenvalue weighted by Crippen LogP contribution is -2.18. The molecule has 0 aromatic carbocycles. The Labute approximate surface area is 121 Å². The van der Waals surface area contributed by atoms with Gasteiger partial charge in [0.25, 0.3) is 0 Å². The first kappa shape index (κ1) is 13.4. The normalized spacial score (nSPS) is 16.3. The van der Waals surface area contributed by atoms with Gasteiger partial charge in [-0.25, -0.2) is 4.98 Å². The Kier molecular flexibility index (Phi) is 3.70. The van der Waals surface area contributed by atoms with Crippen LogP contribution in [0.4, 0.5) is 0 Å². The highest BCUT2D eigenvalue weighted by Gasteiger charge is 2.20. The molecule has 1 aliphatic rings. The van der Waals surface area contributed by atoms with E-state index < -0.39 is 0 Å². The van der Waals surface area contributed by atoms with Gasteiger partial charge in [-0.15, -0.1) is 0 Å². The van der Waals surface area contributed by atoms with E-state index in [0.717, 1.165) is 16.6 Å². The second kappa shape index (κ2) is 5.80. The molecule has 0 radical (unpaired) electrons. The van der Waals surface area contributed by atoms with Crippen LogP contribution < -0.4 is 5.32 Å². The van der Waals surface area contributed by atoms with Gasteiger partial charge in [-0.2, -0.15) is 0 Å². The van der Waals surface area contributed by atoms with Crippen molar-refractivity contribution in [3.63, 3.8) is 0 Å². The van der Waals surface area contributed by atoms with E-state index in [4.69, 9.17) is 9.47 Å². The van der Waals surface area contributed by atoms with Crippen molar-refractivity contribution in [2.45, 2.75) is 0 Å².